The van der Waals surface area contributed by atoms with Crippen LogP contribution in [0.2, 0.25) is 0 Å². The molecule has 3 aromatic rings. The highest BCUT2D eigenvalue weighted by Crippen LogP contribution is 2.21. The van der Waals surface area contributed by atoms with Crippen LogP contribution in [0.15, 0.2) is 41.5 Å². The Labute approximate surface area is 149 Å². The Hall–Kier alpha value is -3.16. The third kappa shape index (κ3) is 2.94. The van der Waals surface area contributed by atoms with Gasteiger partial charge in [0.2, 0.25) is 0 Å². The summed E-state index contributed by atoms with van der Waals surface area (Å²) in [4.78, 5) is 35.2. The van der Waals surface area contributed by atoms with E-state index in [1.165, 1.54) is 10.9 Å². The minimum atomic E-state index is -0.134. The predicted molar refractivity (Wildman–Crippen MR) is 94.7 cm³/mol. The van der Waals surface area contributed by atoms with Crippen molar-refractivity contribution in [3.05, 3.63) is 58.4 Å². The van der Waals surface area contributed by atoms with Crippen molar-refractivity contribution in [1.29, 1.82) is 0 Å². The van der Waals surface area contributed by atoms with Crippen LogP contribution in [0.5, 0.6) is 0 Å². The minimum Gasteiger partial charge on any atom is -0.337 e. The SMILES string of the molecule is Cc1cnc(C(=O)N2CCC(n3nnc4ccccc4c3=O)CC2)cn1. The Morgan fingerprint density at radius 1 is 1.12 bits per heavy atom. The van der Waals surface area contributed by atoms with E-state index in [1.54, 1.807) is 23.2 Å². The lowest BCUT2D eigenvalue weighted by Gasteiger charge is -2.31. The largest absolute Gasteiger partial charge is 0.337 e. The number of benzene rings is 1. The fourth-order valence-corrected chi connectivity index (χ4v) is 3.22. The second kappa shape index (κ2) is 6.62. The number of hydrogen-bond donors (Lipinski definition) is 0. The van der Waals surface area contributed by atoms with Crippen molar-refractivity contribution >= 4 is 16.8 Å². The zero-order valence-electron chi connectivity index (χ0n) is 14.4. The summed E-state index contributed by atoms with van der Waals surface area (Å²) >= 11 is 0. The van der Waals surface area contributed by atoms with Gasteiger partial charge in [0, 0.05) is 19.3 Å². The summed E-state index contributed by atoms with van der Waals surface area (Å²) < 4.78 is 1.45. The third-order valence-corrected chi connectivity index (χ3v) is 4.69. The van der Waals surface area contributed by atoms with Crippen LogP contribution in [0.25, 0.3) is 10.9 Å². The lowest BCUT2D eigenvalue weighted by atomic mass is 10.0. The molecule has 3 heterocycles. The van der Waals surface area contributed by atoms with Crippen LogP contribution >= 0.6 is 0 Å². The first-order valence-corrected chi connectivity index (χ1v) is 8.55. The van der Waals surface area contributed by atoms with Gasteiger partial charge in [-0.05, 0) is 31.9 Å². The molecule has 26 heavy (non-hydrogen) atoms. The molecule has 1 saturated heterocycles. The number of hydrogen-bond acceptors (Lipinski definition) is 6. The number of carbonyl (C=O) groups excluding carboxylic acids is 1. The van der Waals surface area contributed by atoms with Crippen molar-refractivity contribution in [3.63, 3.8) is 0 Å². The van der Waals surface area contributed by atoms with Crippen molar-refractivity contribution in [2.75, 3.05) is 13.1 Å². The molecule has 132 valence electrons. The maximum Gasteiger partial charge on any atom is 0.277 e. The summed E-state index contributed by atoms with van der Waals surface area (Å²) in [5.41, 5.74) is 1.58. The Kier molecular flexibility index (Phi) is 4.16. The van der Waals surface area contributed by atoms with Crippen molar-refractivity contribution in [2.24, 2.45) is 0 Å². The summed E-state index contributed by atoms with van der Waals surface area (Å²) in [6.45, 7) is 2.91. The Morgan fingerprint density at radius 2 is 1.88 bits per heavy atom. The van der Waals surface area contributed by atoms with Gasteiger partial charge in [0.05, 0.1) is 23.3 Å². The average Bonchev–Trinajstić information content (AvgIpc) is 2.69. The normalized spacial score (nSPS) is 15.3. The van der Waals surface area contributed by atoms with Gasteiger partial charge in [-0.1, -0.05) is 17.3 Å². The van der Waals surface area contributed by atoms with Crippen molar-refractivity contribution in [1.82, 2.24) is 29.9 Å². The maximum atomic E-state index is 12.7. The molecule has 0 unspecified atom stereocenters. The second-order valence-corrected chi connectivity index (χ2v) is 6.42. The molecule has 0 spiro atoms. The van der Waals surface area contributed by atoms with Crippen LogP contribution in [0.1, 0.15) is 35.1 Å². The molecule has 8 nitrogen and oxygen atoms in total. The topological polar surface area (TPSA) is 93.9 Å². The van der Waals surface area contributed by atoms with Gasteiger partial charge in [-0.15, -0.1) is 5.10 Å². The van der Waals surface area contributed by atoms with E-state index < -0.39 is 0 Å². The fourth-order valence-electron chi connectivity index (χ4n) is 3.22. The van der Waals surface area contributed by atoms with Crippen molar-refractivity contribution < 1.29 is 4.79 Å². The van der Waals surface area contributed by atoms with Crippen LogP contribution in [0.3, 0.4) is 0 Å². The maximum absolute atomic E-state index is 12.7. The van der Waals surface area contributed by atoms with E-state index in [1.807, 2.05) is 19.1 Å². The third-order valence-electron chi connectivity index (χ3n) is 4.69. The van der Waals surface area contributed by atoms with Gasteiger partial charge in [-0.25, -0.2) is 9.67 Å². The zero-order chi connectivity index (χ0) is 18.1. The number of fused-ring (bicyclic) bond motifs is 1. The van der Waals surface area contributed by atoms with E-state index in [-0.39, 0.29) is 17.5 Å². The highest BCUT2D eigenvalue weighted by atomic mass is 16.2. The highest BCUT2D eigenvalue weighted by molar-refractivity contribution is 5.92. The molecule has 0 aliphatic carbocycles. The highest BCUT2D eigenvalue weighted by Gasteiger charge is 2.27. The number of aromatic nitrogens is 5. The van der Waals surface area contributed by atoms with Gasteiger partial charge in [0.1, 0.15) is 11.2 Å². The molecular formula is C18H18N6O2. The van der Waals surface area contributed by atoms with E-state index in [9.17, 15) is 9.59 Å². The first-order valence-electron chi connectivity index (χ1n) is 8.55. The molecule has 1 fully saturated rings. The van der Waals surface area contributed by atoms with Crippen LogP contribution in [0.4, 0.5) is 0 Å². The van der Waals surface area contributed by atoms with Crippen molar-refractivity contribution in [2.45, 2.75) is 25.8 Å². The molecule has 4 rings (SSSR count). The van der Waals surface area contributed by atoms with Crippen LogP contribution in [0, 0.1) is 6.92 Å². The molecule has 0 saturated carbocycles. The molecule has 8 heteroatoms. The second-order valence-electron chi connectivity index (χ2n) is 6.42. The number of carbonyl (C=O) groups is 1. The minimum absolute atomic E-state index is 0.0623. The smallest absolute Gasteiger partial charge is 0.277 e. The summed E-state index contributed by atoms with van der Waals surface area (Å²) in [6, 6.07) is 7.13. The summed E-state index contributed by atoms with van der Waals surface area (Å²) in [6.07, 6.45) is 4.39. The Morgan fingerprint density at radius 3 is 2.62 bits per heavy atom. The molecule has 0 atom stereocenters. The fraction of sp³-hybridized carbons (Fsp3) is 0.333. The Balaban J connectivity index is 1.50. The summed E-state index contributed by atoms with van der Waals surface area (Å²) in [5, 5.41) is 8.80. The molecule has 0 bridgehead atoms. The lowest BCUT2D eigenvalue weighted by molar-refractivity contribution is 0.0680. The van der Waals surface area contributed by atoms with Gasteiger partial charge < -0.3 is 4.90 Å². The van der Waals surface area contributed by atoms with E-state index in [0.29, 0.717) is 42.5 Å². The summed E-state index contributed by atoms with van der Waals surface area (Å²) in [7, 11) is 0. The van der Waals surface area contributed by atoms with E-state index in [4.69, 9.17) is 0 Å². The predicted octanol–water partition coefficient (Wildman–Crippen LogP) is 1.37. The van der Waals surface area contributed by atoms with Gasteiger partial charge in [-0.3, -0.25) is 14.6 Å². The molecule has 1 amide bonds. The van der Waals surface area contributed by atoms with Crippen LogP contribution in [-0.4, -0.2) is 48.9 Å². The van der Waals surface area contributed by atoms with Crippen LogP contribution < -0.4 is 5.56 Å². The molecule has 1 aromatic carbocycles. The van der Waals surface area contributed by atoms with Crippen molar-refractivity contribution in [3.8, 4) is 0 Å². The van der Waals surface area contributed by atoms with E-state index in [2.05, 4.69) is 20.3 Å². The molecule has 1 aliphatic rings. The number of likely N-dealkylation sites (tertiary alicyclic amines) is 1. The first kappa shape index (κ1) is 16.3. The van der Waals surface area contributed by atoms with Gasteiger partial charge in [-0.2, -0.15) is 0 Å². The van der Waals surface area contributed by atoms with Gasteiger partial charge >= 0.3 is 0 Å². The average molecular weight is 350 g/mol. The lowest BCUT2D eigenvalue weighted by Crippen LogP contribution is -2.42. The monoisotopic (exact) mass is 350 g/mol. The molecule has 0 radical (unpaired) electrons. The molecule has 1 aliphatic heterocycles. The number of rotatable bonds is 2. The van der Waals surface area contributed by atoms with Gasteiger partial charge in [0.15, 0.2) is 0 Å². The number of nitrogens with zero attached hydrogens (tertiary/aromatic N) is 6. The van der Waals surface area contributed by atoms with E-state index >= 15 is 0 Å². The molecular weight excluding hydrogens is 332 g/mol. The number of aryl methyl sites for hydroxylation is 1. The Bertz CT molecular complexity index is 1010. The van der Waals surface area contributed by atoms with E-state index in [0.717, 1.165) is 5.69 Å². The summed E-state index contributed by atoms with van der Waals surface area (Å²) in [5.74, 6) is -0.132. The van der Waals surface area contributed by atoms with Gasteiger partial charge in [0.25, 0.3) is 11.5 Å². The standard InChI is InChI=1S/C18H18N6O2/c1-12-10-20-16(11-19-12)18(26)23-8-6-13(7-9-23)24-17(25)14-4-2-3-5-15(14)21-22-24/h2-5,10-11,13H,6-9H2,1H3. The molecule has 2 aromatic heterocycles. The number of amides is 1. The molecule has 0 N–H and O–H groups in total. The number of piperidine rings is 1. The zero-order valence-corrected chi connectivity index (χ0v) is 14.4. The first-order chi connectivity index (χ1) is 12.6. The quantitative estimate of drug-likeness (QED) is 0.693. The van der Waals surface area contributed by atoms with Crippen LogP contribution in [-0.2, 0) is 0 Å².